The number of hydrogen-bond acceptors (Lipinski definition) is 5. The summed E-state index contributed by atoms with van der Waals surface area (Å²) in [6, 6.07) is 4.26. The highest BCUT2D eigenvalue weighted by molar-refractivity contribution is 5.79. The van der Waals surface area contributed by atoms with Crippen LogP contribution in [0.5, 0.6) is 11.5 Å². The van der Waals surface area contributed by atoms with Crippen molar-refractivity contribution >= 4 is 11.9 Å². The fourth-order valence-electron chi connectivity index (χ4n) is 1.89. The van der Waals surface area contributed by atoms with Gasteiger partial charge in [0.05, 0.1) is 26.7 Å². The quantitative estimate of drug-likeness (QED) is 0.743. The van der Waals surface area contributed by atoms with Crippen molar-refractivity contribution in [2.24, 2.45) is 0 Å². The smallest absolute Gasteiger partial charge is 0.305 e. The third kappa shape index (κ3) is 4.96. The Morgan fingerprint density at radius 1 is 1.24 bits per heavy atom. The summed E-state index contributed by atoms with van der Waals surface area (Å²) in [5.74, 6) is -0.414. The maximum atomic E-state index is 11.6. The largest absolute Gasteiger partial charge is 0.497 e. The Kier molecular flexibility index (Phi) is 6.48. The van der Waals surface area contributed by atoms with E-state index < -0.39 is 17.9 Å². The average Bonchev–Trinajstić information content (AvgIpc) is 2.45. The minimum absolute atomic E-state index is 0.144. The Labute approximate surface area is 122 Å². The number of benzene rings is 1. The molecule has 1 unspecified atom stereocenters. The molecule has 1 aromatic rings. The Morgan fingerprint density at radius 2 is 1.95 bits per heavy atom. The number of nitrogens with one attached hydrogen (secondary N) is 1. The van der Waals surface area contributed by atoms with E-state index in [1.807, 2.05) is 0 Å². The van der Waals surface area contributed by atoms with Crippen molar-refractivity contribution in [2.75, 3.05) is 27.9 Å². The molecule has 0 aromatic heterocycles. The van der Waals surface area contributed by atoms with Crippen molar-refractivity contribution in [3.8, 4) is 11.5 Å². The van der Waals surface area contributed by atoms with Crippen LogP contribution < -0.4 is 14.8 Å². The molecule has 2 N–H and O–H groups in total. The molecule has 1 atom stereocenters. The lowest BCUT2D eigenvalue weighted by molar-refractivity contribution is -0.137. The predicted octanol–water partition coefficient (Wildman–Crippen LogP) is 0.982. The summed E-state index contributed by atoms with van der Waals surface area (Å²) < 4.78 is 15.1. The van der Waals surface area contributed by atoms with Crippen LogP contribution in [0.2, 0.25) is 0 Å². The van der Waals surface area contributed by atoms with Crippen LogP contribution in [-0.4, -0.2) is 44.9 Å². The Bertz CT molecular complexity index is 502. The minimum Gasteiger partial charge on any atom is -0.497 e. The first-order valence-corrected chi connectivity index (χ1v) is 6.23. The lowest BCUT2D eigenvalue weighted by atomic mass is 10.0. The van der Waals surface area contributed by atoms with Crippen LogP contribution in [0.3, 0.4) is 0 Å². The van der Waals surface area contributed by atoms with Gasteiger partial charge in [-0.05, 0) is 12.1 Å². The minimum atomic E-state index is -1.03. The van der Waals surface area contributed by atoms with Crippen molar-refractivity contribution in [2.45, 2.75) is 12.5 Å². The summed E-state index contributed by atoms with van der Waals surface area (Å²) in [5.41, 5.74) is 0.560. The van der Waals surface area contributed by atoms with E-state index in [1.54, 1.807) is 18.2 Å². The topological polar surface area (TPSA) is 94.1 Å². The molecule has 0 aliphatic carbocycles. The van der Waals surface area contributed by atoms with Crippen molar-refractivity contribution < 1.29 is 28.9 Å². The van der Waals surface area contributed by atoms with E-state index >= 15 is 0 Å². The molecular formula is C14H19NO6. The van der Waals surface area contributed by atoms with Gasteiger partial charge in [-0.1, -0.05) is 0 Å². The summed E-state index contributed by atoms with van der Waals surface area (Å²) in [5, 5.41) is 11.6. The summed E-state index contributed by atoms with van der Waals surface area (Å²) in [6.07, 6.45) is -0.266. The molecule has 1 aromatic carbocycles. The van der Waals surface area contributed by atoms with Crippen molar-refractivity contribution in [1.82, 2.24) is 5.32 Å². The van der Waals surface area contributed by atoms with E-state index in [9.17, 15) is 9.59 Å². The van der Waals surface area contributed by atoms with Crippen molar-refractivity contribution in [3.63, 3.8) is 0 Å². The molecule has 0 aliphatic rings. The standard InChI is InChI=1S/C14H19NO6/c1-19-8-13(16)15-11(7-14(17)18)10-5-4-9(20-2)6-12(10)21-3/h4-6,11H,7-8H2,1-3H3,(H,15,16)(H,17,18). The number of carbonyl (C=O) groups excluding carboxylic acids is 1. The molecule has 0 saturated carbocycles. The zero-order valence-electron chi connectivity index (χ0n) is 12.2. The molecule has 0 aliphatic heterocycles. The average molecular weight is 297 g/mol. The number of carboxylic acid groups (broad SMARTS) is 1. The highest BCUT2D eigenvalue weighted by atomic mass is 16.5. The van der Waals surface area contributed by atoms with Gasteiger partial charge in [-0.3, -0.25) is 9.59 Å². The number of hydrogen-bond donors (Lipinski definition) is 2. The lowest BCUT2D eigenvalue weighted by Gasteiger charge is -2.20. The van der Waals surface area contributed by atoms with Gasteiger partial charge in [0.2, 0.25) is 5.91 Å². The molecule has 1 amide bonds. The molecule has 0 fully saturated rings. The monoisotopic (exact) mass is 297 g/mol. The zero-order valence-corrected chi connectivity index (χ0v) is 12.2. The van der Waals surface area contributed by atoms with Crippen molar-refractivity contribution in [3.05, 3.63) is 23.8 Å². The van der Waals surface area contributed by atoms with Gasteiger partial charge in [0.15, 0.2) is 0 Å². The van der Waals surface area contributed by atoms with Gasteiger partial charge < -0.3 is 24.6 Å². The van der Waals surface area contributed by atoms with Gasteiger partial charge in [-0.15, -0.1) is 0 Å². The van der Waals surface area contributed by atoms with Gasteiger partial charge in [0.1, 0.15) is 18.1 Å². The first-order chi connectivity index (χ1) is 10.0. The summed E-state index contributed by atoms with van der Waals surface area (Å²) in [7, 11) is 4.37. The molecule has 116 valence electrons. The van der Waals surface area contributed by atoms with Gasteiger partial charge >= 0.3 is 5.97 Å². The number of carbonyl (C=O) groups is 2. The van der Waals surface area contributed by atoms with Gasteiger partial charge in [0, 0.05) is 18.7 Å². The Morgan fingerprint density at radius 3 is 2.48 bits per heavy atom. The first-order valence-electron chi connectivity index (χ1n) is 6.23. The third-order valence-electron chi connectivity index (χ3n) is 2.81. The molecule has 0 saturated heterocycles. The molecule has 1 rings (SSSR count). The highest BCUT2D eigenvalue weighted by Crippen LogP contribution is 2.31. The van der Waals surface area contributed by atoms with Crippen LogP contribution in [0.15, 0.2) is 18.2 Å². The van der Waals surface area contributed by atoms with E-state index in [0.29, 0.717) is 17.1 Å². The SMILES string of the molecule is COCC(=O)NC(CC(=O)O)c1ccc(OC)cc1OC. The molecular weight excluding hydrogens is 278 g/mol. The number of ether oxygens (including phenoxy) is 3. The van der Waals surface area contributed by atoms with Crippen LogP contribution in [0.25, 0.3) is 0 Å². The fourth-order valence-corrected chi connectivity index (χ4v) is 1.89. The van der Waals surface area contributed by atoms with E-state index in [2.05, 4.69) is 5.32 Å². The van der Waals surface area contributed by atoms with E-state index in [-0.39, 0.29) is 13.0 Å². The molecule has 0 heterocycles. The second kappa shape index (κ2) is 8.11. The van der Waals surface area contributed by atoms with Crippen LogP contribution in [-0.2, 0) is 14.3 Å². The Balaban J connectivity index is 3.06. The number of amides is 1. The molecule has 21 heavy (non-hydrogen) atoms. The maximum Gasteiger partial charge on any atom is 0.305 e. The third-order valence-corrected chi connectivity index (χ3v) is 2.81. The van der Waals surface area contributed by atoms with Crippen LogP contribution in [0.1, 0.15) is 18.0 Å². The molecule has 7 nitrogen and oxygen atoms in total. The summed E-state index contributed by atoms with van der Waals surface area (Å²) in [4.78, 5) is 22.6. The molecule has 0 radical (unpaired) electrons. The van der Waals surface area contributed by atoms with Crippen molar-refractivity contribution in [1.29, 1.82) is 0 Å². The van der Waals surface area contributed by atoms with Gasteiger partial charge in [0.25, 0.3) is 0 Å². The van der Waals surface area contributed by atoms with E-state index in [1.165, 1.54) is 21.3 Å². The van der Waals surface area contributed by atoms with Crippen LogP contribution in [0.4, 0.5) is 0 Å². The fraction of sp³-hybridized carbons (Fsp3) is 0.429. The van der Waals surface area contributed by atoms with E-state index in [0.717, 1.165) is 0 Å². The predicted molar refractivity (Wildman–Crippen MR) is 74.6 cm³/mol. The van der Waals surface area contributed by atoms with Gasteiger partial charge in [-0.25, -0.2) is 0 Å². The van der Waals surface area contributed by atoms with Crippen LogP contribution >= 0.6 is 0 Å². The second-order valence-corrected chi connectivity index (χ2v) is 4.26. The maximum absolute atomic E-state index is 11.6. The van der Waals surface area contributed by atoms with E-state index in [4.69, 9.17) is 19.3 Å². The van der Waals surface area contributed by atoms with Crippen LogP contribution in [0, 0.1) is 0 Å². The number of methoxy groups -OCH3 is 3. The molecule has 0 spiro atoms. The number of rotatable bonds is 8. The first kappa shape index (κ1) is 16.8. The summed E-state index contributed by atoms with van der Waals surface area (Å²) >= 11 is 0. The number of carboxylic acids is 1. The second-order valence-electron chi connectivity index (χ2n) is 4.26. The zero-order chi connectivity index (χ0) is 15.8. The van der Waals surface area contributed by atoms with Gasteiger partial charge in [-0.2, -0.15) is 0 Å². The number of aliphatic carboxylic acids is 1. The molecule has 0 bridgehead atoms. The normalized spacial score (nSPS) is 11.6. The summed E-state index contributed by atoms with van der Waals surface area (Å²) in [6.45, 7) is -0.144. The Hall–Kier alpha value is -2.28. The highest BCUT2D eigenvalue weighted by Gasteiger charge is 2.21. The molecule has 7 heteroatoms. The lowest BCUT2D eigenvalue weighted by Crippen LogP contribution is -2.33.